The second kappa shape index (κ2) is 8.35. The maximum Gasteiger partial charge on any atom is 0.257 e. The molecule has 0 bridgehead atoms. The first-order chi connectivity index (χ1) is 12.8. The van der Waals surface area contributed by atoms with E-state index in [-0.39, 0.29) is 5.91 Å². The highest BCUT2D eigenvalue weighted by Gasteiger charge is 2.28. The Hall–Kier alpha value is -1.66. The van der Waals surface area contributed by atoms with Gasteiger partial charge in [0.15, 0.2) is 0 Å². The minimum absolute atomic E-state index is 0.154. The van der Waals surface area contributed by atoms with Gasteiger partial charge in [-0.1, -0.05) is 0 Å². The van der Waals surface area contributed by atoms with Crippen LogP contribution in [0.1, 0.15) is 36.0 Å². The van der Waals surface area contributed by atoms with E-state index in [1.54, 1.807) is 0 Å². The molecule has 1 amide bonds. The average molecular weight is 358 g/mol. The van der Waals surface area contributed by atoms with Crippen LogP contribution in [0.15, 0.2) is 18.3 Å². The molecule has 0 aliphatic carbocycles. The van der Waals surface area contributed by atoms with E-state index in [4.69, 9.17) is 4.74 Å². The van der Waals surface area contributed by atoms with Gasteiger partial charge in [-0.05, 0) is 43.7 Å². The Kier molecular flexibility index (Phi) is 5.70. The summed E-state index contributed by atoms with van der Waals surface area (Å²) in [7, 11) is 0. The number of carbonyl (C=O) groups excluding carboxylic acids is 1. The molecule has 142 valence electrons. The molecule has 0 saturated carbocycles. The highest BCUT2D eigenvalue weighted by Crippen LogP contribution is 2.27. The number of likely N-dealkylation sites (tertiary alicyclic amines) is 1. The van der Waals surface area contributed by atoms with Gasteiger partial charge < -0.3 is 14.5 Å². The van der Waals surface area contributed by atoms with Gasteiger partial charge in [0.1, 0.15) is 5.82 Å². The lowest BCUT2D eigenvalue weighted by molar-refractivity contribution is 0.0296. The highest BCUT2D eigenvalue weighted by atomic mass is 16.5. The molecule has 1 aromatic rings. The number of pyridine rings is 1. The van der Waals surface area contributed by atoms with Gasteiger partial charge in [-0.25, -0.2) is 4.98 Å². The van der Waals surface area contributed by atoms with Crippen LogP contribution in [-0.2, 0) is 4.74 Å². The molecule has 0 radical (unpaired) electrons. The van der Waals surface area contributed by atoms with Gasteiger partial charge in [-0.15, -0.1) is 0 Å². The molecule has 1 atom stereocenters. The smallest absolute Gasteiger partial charge is 0.257 e. The van der Waals surface area contributed by atoms with Gasteiger partial charge in [0, 0.05) is 52.0 Å². The van der Waals surface area contributed by atoms with Crippen LogP contribution in [0, 0.1) is 5.92 Å². The van der Waals surface area contributed by atoms with Gasteiger partial charge in [0.25, 0.3) is 5.91 Å². The topological polar surface area (TPSA) is 48.9 Å². The monoisotopic (exact) mass is 358 g/mol. The third-order valence-corrected chi connectivity index (χ3v) is 5.85. The molecule has 4 rings (SSSR count). The van der Waals surface area contributed by atoms with Gasteiger partial charge in [0.05, 0.1) is 18.8 Å². The molecule has 3 saturated heterocycles. The van der Waals surface area contributed by atoms with Gasteiger partial charge in [-0.2, -0.15) is 0 Å². The first-order valence-corrected chi connectivity index (χ1v) is 10.1. The van der Waals surface area contributed by atoms with Crippen LogP contribution in [-0.4, -0.2) is 79.7 Å². The third-order valence-electron chi connectivity index (χ3n) is 5.85. The molecule has 0 spiro atoms. The molecule has 3 fully saturated rings. The SMILES string of the molecule is O=C(c1cccnc1N1CCCC(CN2CCOCC2)C1)N1CCCC1. The molecule has 0 aromatic carbocycles. The summed E-state index contributed by atoms with van der Waals surface area (Å²) in [6, 6.07) is 3.84. The van der Waals surface area contributed by atoms with Crippen LogP contribution < -0.4 is 4.90 Å². The first-order valence-electron chi connectivity index (χ1n) is 10.1. The summed E-state index contributed by atoms with van der Waals surface area (Å²) in [5.74, 6) is 1.68. The number of anilines is 1. The fraction of sp³-hybridized carbons (Fsp3) is 0.700. The van der Waals surface area contributed by atoms with Crippen molar-refractivity contribution < 1.29 is 9.53 Å². The molecular formula is C20H30N4O2. The number of ether oxygens (including phenoxy) is 1. The summed E-state index contributed by atoms with van der Waals surface area (Å²) in [5.41, 5.74) is 0.779. The number of amides is 1. The molecule has 6 nitrogen and oxygen atoms in total. The number of piperidine rings is 1. The number of hydrogen-bond acceptors (Lipinski definition) is 5. The van der Waals surface area contributed by atoms with Crippen molar-refractivity contribution in [1.29, 1.82) is 0 Å². The van der Waals surface area contributed by atoms with Gasteiger partial charge in [-0.3, -0.25) is 9.69 Å². The Morgan fingerprint density at radius 2 is 1.92 bits per heavy atom. The van der Waals surface area contributed by atoms with Crippen molar-refractivity contribution in [1.82, 2.24) is 14.8 Å². The summed E-state index contributed by atoms with van der Waals surface area (Å²) >= 11 is 0. The van der Waals surface area contributed by atoms with E-state index in [0.29, 0.717) is 5.92 Å². The predicted molar refractivity (Wildman–Crippen MR) is 102 cm³/mol. The summed E-state index contributed by atoms with van der Waals surface area (Å²) in [6.07, 6.45) is 6.49. The van der Waals surface area contributed by atoms with Crippen LogP contribution in [0.4, 0.5) is 5.82 Å². The molecule has 1 unspecified atom stereocenters. The summed E-state index contributed by atoms with van der Waals surface area (Å²) in [5, 5.41) is 0. The van der Waals surface area contributed by atoms with Crippen molar-refractivity contribution in [3.63, 3.8) is 0 Å². The molecule has 1 aromatic heterocycles. The van der Waals surface area contributed by atoms with E-state index < -0.39 is 0 Å². The lowest BCUT2D eigenvalue weighted by Gasteiger charge is -2.38. The Labute approximate surface area is 156 Å². The molecule has 6 heteroatoms. The minimum Gasteiger partial charge on any atom is -0.379 e. The summed E-state index contributed by atoms with van der Waals surface area (Å²) in [4.78, 5) is 24.4. The van der Waals surface area contributed by atoms with Crippen molar-refractivity contribution in [2.45, 2.75) is 25.7 Å². The van der Waals surface area contributed by atoms with Crippen LogP contribution in [0.2, 0.25) is 0 Å². The first kappa shape index (κ1) is 17.7. The van der Waals surface area contributed by atoms with Crippen molar-refractivity contribution in [3.05, 3.63) is 23.9 Å². The lowest BCUT2D eigenvalue weighted by atomic mass is 9.96. The molecule has 3 aliphatic rings. The number of morpholine rings is 1. The van der Waals surface area contributed by atoms with Crippen molar-refractivity contribution >= 4 is 11.7 Å². The van der Waals surface area contributed by atoms with E-state index >= 15 is 0 Å². The third kappa shape index (κ3) is 4.01. The number of nitrogens with zero attached hydrogens (tertiary/aromatic N) is 4. The van der Waals surface area contributed by atoms with E-state index in [9.17, 15) is 4.79 Å². The van der Waals surface area contributed by atoms with E-state index in [1.807, 2.05) is 23.2 Å². The van der Waals surface area contributed by atoms with Crippen LogP contribution >= 0.6 is 0 Å². The molecule has 4 heterocycles. The van der Waals surface area contributed by atoms with Crippen molar-refractivity contribution in [2.24, 2.45) is 5.92 Å². The van der Waals surface area contributed by atoms with Crippen molar-refractivity contribution in [2.75, 3.05) is 63.9 Å². The van der Waals surface area contributed by atoms with E-state index in [2.05, 4.69) is 14.8 Å². The fourth-order valence-electron chi connectivity index (χ4n) is 4.46. The molecule has 26 heavy (non-hydrogen) atoms. The van der Waals surface area contributed by atoms with Gasteiger partial charge >= 0.3 is 0 Å². The Balaban J connectivity index is 1.45. The molecule has 3 aliphatic heterocycles. The average Bonchev–Trinajstić information content (AvgIpc) is 3.23. The zero-order valence-electron chi connectivity index (χ0n) is 15.6. The zero-order valence-corrected chi connectivity index (χ0v) is 15.6. The Bertz CT molecular complexity index is 612. The quantitative estimate of drug-likeness (QED) is 0.822. The second-order valence-electron chi connectivity index (χ2n) is 7.74. The van der Waals surface area contributed by atoms with Crippen LogP contribution in [0.5, 0.6) is 0 Å². The Morgan fingerprint density at radius 3 is 2.73 bits per heavy atom. The van der Waals surface area contributed by atoms with E-state index in [0.717, 1.165) is 83.3 Å². The van der Waals surface area contributed by atoms with Gasteiger partial charge in [0.2, 0.25) is 0 Å². The summed E-state index contributed by atoms with van der Waals surface area (Å²) in [6.45, 7) is 8.67. The largest absolute Gasteiger partial charge is 0.379 e. The number of carbonyl (C=O) groups is 1. The standard InChI is InChI=1S/C20H30N4O2/c25-20(23-8-1-2-9-23)18-6-3-7-21-19(18)24-10-4-5-17(16-24)15-22-11-13-26-14-12-22/h3,6-7,17H,1-2,4-5,8-16H2. The number of aromatic nitrogens is 1. The van der Waals surface area contributed by atoms with Crippen LogP contribution in [0.25, 0.3) is 0 Å². The molecular weight excluding hydrogens is 328 g/mol. The fourth-order valence-corrected chi connectivity index (χ4v) is 4.46. The maximum atomic E-state index is 12.9. The second-order valence-corrected chi connectivity index (χ2v) is 7.74. The highest BCUT2D eigenvalue weighted by molar-refractivity contribution is 5.99. The molecule has 0 N–H and O–H groups in total. The van der Waals surface area contributed by atoms with Crippen molar-refractivity contribution in [3.8, 4) is 0 Å². The number of hydrogen-bond donors (Lipinski definition) is 0. The normalized spacial score (nSPS) is 24.8. The minimum atomic E-state index is 0.154. The summed E-state index contributed by atoms with van der Waals surface area (Å²) < 4.78 is 5.47. The van der Waals surface area contributed by atoms with Crippen LogP contribution in [0.3, 0.4) is 0 Å². The predicted octanol–water partition coefficient (Wildman–Crippen LogP) is 1.87. The Morgan fingerprint density at radius 1 is 1.12 bits per heavy atom. The van der Waals surface area contributed by atoms with E-state index in [1.165, 1.54) is 12.8 Å². The zero-order chi connectivity index (χ0) is 17.8. The lowest BCUT2D eigenvalue weighted by Crippen LogP contribution is -2.45. The maximum absolute atomic E-state index is 12.9. The number of rotatable bonds is 4.